The molecule has 8 nitrogen and oxygen atoms in total. The number of imidazole rings is 1. The molecule has 32 heavy (non-hydrogen) atoms. The van der Waals surface area contributed by atoms with Crippen molar-refractivity contribution in [3.8, 4) is 28.6 Å². The third-order valence-electron chi connectivity index (χ3n) is 5.34. The van der Waals surface area contributed by atoms with Crippen molar-refractivity contribution >= 4 is 17.5 Å². The maximum Gasteiger partial charge on any atom is 0.269 e. The molecule has 4 rings (SSSR count). The Hall–Kier alpha value is -3.07. The Morgan fingerprint density at radius 2 is 1.88 bits per heavy atom. The summed E-state index contributed by atoms with van der Waals surface area (Å²) >= 11 is 6.08. The number of hydrogen-bond acceptors (Lipinski definition) is 6. The second-order valence-electron chi connectivity index (χ2n) is 7.54. The van der Waals surface area contributed by atoms with Gasteiger partial charge < -0.3 is 20.3 Å². The number of aromatic nitrogens is 2. The van der Waals surface area contributed by atoms with Crippen LogP contribution in [-0.2, 0) is 11.3 Å². The Balaban J connectivity index is 1.73. The first-order chi connectivity index (χ1) is 15.5. The maximum atomic E-state index is 12.7. The summed E-state index contributed by atoms with van der Waals surface area (Å²) in [5.41, 5.74) is 2.49. The standard InChI is InChI=1S/C23H25ClN4O4/c1-2-25-23(31)19-13-26-22(17-11-18(24)21(30)12-20(17)29)28(19)16-5-3-15(4-6-16)14-27-7-9-32-10-8-27/h3-6,11-13,29-30H,2,7-10,14H2,1H3,(H,25,31). The van der Waals surface area contributed by atoms with Crippen molar-refractivity contribution < 1.29 is 19.7 Å². The smallest absolute Gasteiger partial charge is 0.269 e. The van der Waals surface area contributed by atoms with Crippen molar-refractivity contribution in [3.63, 3.8) is 0 Å². The first-order valence-electron chi connectivity index (χ1n) is 10.4. The summed E-state index contributed by atoms with van der Waals surface area (Å²) in [6, 6.07) is 10.5. The highest BCUT2D eigenvalue weighted by Crippen LogP contribution is 2.38. The van der Waals surface area contributed by atoms with Gasteiger partial charge in [-0.1, -0.05) is 23.7 Å². The number of morpholine rings is 1. The Labute approximate surface area is 191 Å². The number of nitrogens with one attached hydrogen (secondary N) is 1. The minimum atomic E-state index is -0.284. The zero-order valence-corrected chi connectivity index (χ0v) is 18.5. The van der Waals surface area contributed by atoms with Gasteiger partial charge in [-0.2, -0.15) is 0 Å². The fourth-order valence-corrected chi connectivity index (χ4v) is 3.88. The minimum Gasteiger partial charge on any atom is -0.507 e. The van der Waals surface area contributed by atoms with E-state index in [1.165, 1.54) is 12.3 Å². The van der Waals surface area contributed by atoms with Crippen LogP contribution in [0.5, 0.6) is 11.5 Å². The van der Waals surface area contributed by atoms with E-state index >= 15 is 0 Å². The average molecular weight is 457 g/mol. The molecule has 1 aromatic heterocycles. The molecular weight excluding hydrogens is 432 g/mol. The van der Waals surface area contributed by atoms with Crippen LogP contribution in [0.25, 0.3) is 17.1 Å². The first-order valence-corrected chi connectivity index (χ1v) is 10.8. The van der Waals surface area contributed by atoms with Gasteiger partial charge >= 0.3 is 0 Å². The predicted octanol–water partition coefficient (Wildman–Crippen LogP) is 3.19. The molecule has 2 aromatic carbocycles. The molecule has 1 fully saturated rings. The van der Waals surface area contributed by atoms with E-state index in [0.717, 1.165) is 44.5 Å². The molecule has 2 heterocycles. The van der Waals surface area contributed by atoms with Gasteiger partial charge in [-0.05, 0) is 30.7 Å². The van der Waals surface area contributed by atoms with Gasteiger partial charge in [0.25, 0.3) is 5.91 Å². The molecule has 0 spiro atoms. The lowest BCUT2D eigenvalue weighted by Crippen LogP contribution is -2.35. The molecule has 1 aliphatic rings. The van der Waals surface area contributed by atoms with E-state index in [1.807, 2.05) is 31.2 Å². The molecular formula is C23H25ClN4O4. The molecule has 3 N–H and O–H groups in total. The van der Waals surface area contributed by atoms with Gasteiger partial charge in [0.15, 0.2) is 0 Å². The van der Waals surface area contributed by atoms with Crippen LogP contribution in [0, 0.1) is 0 Å². The number of amides is 1. The number of ether oxygens (including phenoxy) is 1. The SMILES string of the molecule is CCNC(=O)c1cnc(-c2cc(Cl)c(O)cc2O)n1-c1ccc(CN2CCOCC2)cc1. The number of halogens is 1. The third kappa shape index (κ3) is 4.57. The van der Waals surface area contributed by atoms with Crippen LogP contribution in [0.4, 0.5) is 0 Å². The van der Waals surface area contributed by atoms with Crippen molar-refractivity contribution in [2.75, 3.05) is 32.8 Å². The molecule has 9 heteroatoms. The number of hydrogen-bond donors (Lipinski definition) is 3. The Kier molecular flexibility index (Phi) is 6.64. The summed E-state index contributed by atoms with van der Waals surface area (Å²) in [6.45, 7) is 6.40. The molecule has 0 bridgehead atoms. The lowest BCUT2D eigenvalue weighted by Gasteiger charge is -2.26. The van der Waals surface area contributed by atoms with E-state index in [0.29, 0.717) is 29.3 Å². The van der Waals surface area contributed by atoms with Gasteiger partial charge in [0.1, 0.15) is 23.0 Å². The van der Waals surface area contributed by atoms with Gasteiger partial charge in [0, 0.05) is 37.9 Å². The molecule has 1 amide bonds. The van der Waals surface area contributed by atoms with E-state index in [2.05, 4.69) is 15.2 Å². The van der Waals surface area contributed by atoms with E-state index in [1.54, 1.807) is 4.57 Å². The molecule has 0 saturated carbocycles. The van der Waals surface area contributed by atoms with Crippen molar-refractivity contribution in [1.82, 2.24) is 19.8 Å². The first kappa shape index (κ1) is 22.1. The van der Waals surface area contributed by atoms with Crippen LogP contribution in [0.2, 0.25) is 5.02 Å². The number of carbonyl (C=O) groups is 1. The van der Waals surface area contributed by atoms with Crippen LogP contribution in [0.3, 0.4) is 0 Å². The van der Waals surface area contributed by atoms with Gasteiger partial charge in [0.05, 0.1) is 30.0 Å². The number of phenolic OH excluding ortho intramolecular Hbond substituents is 2. The predicted molar refractivity (Wildman–Crippen MR) is 121 cm³/mol. The number of benzene rings is 2. The summed E-state index contributed by atoms with van der Waals surface area (Å²) in [5, 5.41) is 23.1. The van der Waals surface area contributed by atoms with Gasteiger partial charge in [-0.25, -0.2) is 4.98 Å². The fourth-order valence-electron chi connectivity index (χ4n) is 3.71. The van der Waals surface area contributed by atoms with E-state index in [9.17, 15) is 15.0 Å². The maximum absolute atomic E-state index is 12.7. The van der Waals surface area contributed by atoms with Crippen molar-refractivity contribution in [3.05, 3.63) is 58.9 Å². The van der Waals surface area contributed by atoms with Gasteiger partial charge in [0.2, 0.25) is 0 Å². The van der Waals surface area contributed by atoms with Crippen LogP contribution < -0.4 is 5.32 Å². The zero-order valence-electron chi connectivity index (χ0n) is 17.7. The number of aromatic hydroxyl groups is 2. The normalized spacial score (nSPS) is 14.4. The molecule has 1 aliphatic heterocycles. The number of nitrogens with zero attached hydrogens (tertiary/aromatic N) is 3. The van der Waals surface area contributed by atoms with Crippen LogP contribution >= 0.6 is 11.6 Å². The summed E-state index contributed by atoms with van der Waals surface area (Å²) < 4.78 is 7.08. The molecule has 1 saturated heterocycles. The largest absolute Gasteiger partial charge is 0.507 e. The van der Waals surface area contributed by atoms with Gasteiger partial charge in [-0.3, -0.25) is 14.3 Å². The number of phenols is 2. The monoisotopic (exact) mass is 456 g/mol. The summed E-state index contributed by atoms with van der Waals surface area (Å²) in [4.78, 5) is 19.4. The number of rotatable bonds is 6. The lowest BCUT2D eigenvalue weighted by molar-refractivity contribution is 0.0342. The fraction of sp³-hybridized carbons (Fsp3) is 0.304. The van der Waals surface area contributed by atoms with Crippen molar-refractivity contribution in [2.24, 2.45) is 0 Å². The highest BCUT2D eigenvalue weighted by atomic mass is 35.5. The van der Waals surface area contributed by atoms with E-state index in [-0.39, 0.29) is 22.4 Å². The Morgan fingerprint density at radius 1 is 1.16 bits per heavy atom. The van der Waals surface area contributed by atoms with E-state index in [4.69, 9.17) is 16.3 Å². The molecule has 0 atom stereocenters. The van der Waals surface area contributed by atoms with Crippen LogP contribution in [0.15, 0.2) is 42.6 Å². The number of carbonyl (C=O) groups excluding carboxylic acids is 1. The summed E-state index contributed by atoms with van der Waals surface area (Å²) in [6.07, 6.45) is 1.46. The summed E-state index contributed by atoms with van der Waals surface area (Å²) in [7, 11) is 0. The Bertz CT molecular complexity index is 1110. The minimum absolute atomic E-state index is 0.0766. The molecule has 3 aromatic rings. The second-order valence-corrected chi connectivity index (χ2v) is 7.94. The van der Waals surface area contributed by atoms with E-state index < -0.39 is 0 Å². The van der Waals surface area contributed by atoms with Crippen molar-refractivity contribution in [1.29, 1.82) is 0 Å². The van der Waals surface area contributed by atoms with Crippen molar-refractivity contribution in [2.45, 2.75) is 13.5 Å². The highest BCUT2D eigenvalue weighted by Gasteiger charge is 2.22. The highest BCUT2D eigenvalue weighted by molar-refractivity contribution is 6.32. The van der Waals surface area contributed by atoms with Crippen LogP contribution in [-0.4, -0.2) is 63.4 Å². The third-order valence-corrected chi connectivity index (χ3v) is 5.65. The van der Waals surface area contributed by atoms with Gasteiger partial charge in [-0.15, -0.1) is 0 Å². The zero-order chi connectivity index (χ0) is 22.7. The molecule has 0 aliphatic carbocycles. The Morgan fingerprint density at radius 3 is 2.56 bits per heavy atom. The molecule has 168 valence electrons. The van der Waals surface area contributed by atoms with Crippen LogP contribution in [0.1, 0.15) is 23.0 Å². The quantitative estimate of drug-likeness (QED) is 0.526. The average Bonchev–Trinajstić information content (AvgIpc) is 3.23. The lowest BCUT2D eigenvalue weighted by atomic mass is 10.1. The second kappa shape index (κ2) is 9.60. The summed E-state index contributed by atoms with van der Waals surface area (Å²) in [5.74, 6) is -0.368. The molecule has 0 radical (unpaired) electrons. The topological polar surface area (TPSA) is 99.8 Å². The molecule has 0 unspecified atom stereocenters.